The van der Waals surface area contributed by atoms with Crippen LogP contribution in [-0.4, -0.2) is 32.4 Å². The number of nitrogens with zero attached hydrogens (tertiary/aromatic N) is 1. The summed E-state index contributed by atoms with van der Waals surface area (Å²) in [6.07, 6.45) is 3.69. The first-order chi connectivity index (χ1) is 9.91. The summed E-state index contributed by atoms with van der Waals surface area (Å²) in [6.45, 7) is 2.58. The molecule has 7 heteroatoms. The van der Waals surface area contributed by atoms with E-state index in [-0.39, 0.29) is 10.9 Å². The van der Waals surface area contributed by atoms with Gasteiger partial charge in [0.15, 0.2) is 0 Å². The van der Waals surface area contributed by atoms with Gasteiger partial charge in [-0.3, -0.25) is 0 Å². The highest BCUT2D eigenvalue weighted by atomic mass is 79.9. The number of nitrogens with two attached hydrogens (primary N) is 1. The molecule has 0 spiro atoms. The highest BCUT2D eigenvalue weighted by Crippen LogP contribution is 2.36. The number of rotatable bonds is 4. The van der Waals surface area contributed by atoms with Crippen LogP contribution in [0.4, 0.5) is 5.69 Å². The molecule has 0 saturated carbocycles. The van der Waals surface area contributed by atoms with E-state index in [0.29, 0.717) is 22.5 Å². The topological polar surface area (TPSA) is 72.6 Å². The van der Waals surface area contributed by atoms with Crippen LogP contribution >= 0.6 is 15.9 Å². The third-order valence-corrected chi connectivity index (χ3v) is 6.57. The summed E-state index contributed by atoms with van der Waals surface area (Å²) in [5, 5.41) is 0. The van der Waals surface area contributed by atoms with Gasteiger partial charge in [0.1, 0.15) is 10.6 Å². The maximum absolute atomic E-state index is 13.0. The fourth-order valence-electron chi connectivity index (χ4n) is 2.74. The quantitative estimate of drug-likeness (QED) is 0.819. The normalized spacial score (nSPS) is 20.4. The van der Waals surface area contributed by atoms with Crippen LogP contribution in [0, 0.1) is 0 Å². The van der Waals surface area contributed by atoms with Gasteiger partial charge in [0, 0.05) is 22.7 Å². The number of ether oxygens (including phenoxy) is 1. The average molecular weight is 377 g/mol. The highest BCUT2D eigenvalue weighted by molar-refractivity contribution is 9.10. The van der Waals surface area contributed by atoms with Gasteiger partial charge >= 0.3 is 0 Å². The van der Waals surface area contributed by atoms with Gasteiger partial charge < -0.3 is 10.5 Å². The van der Waals surface area contributed by atoms with E-state index in [2.05, 4.69) is 15.9 Å². The van der Waals surface area contributed by atoms with Crippen LogP contribution < -0.4 is 10.5 Å². The first kappa shape index (κ1) is 16.6. The van der Waals surface area contributed by atoms with Crippen LogP contribution in [-0.2, 0) is 10.0 Å². The molecule has 1 atom stereocenters. The molecule has 1 aliphatic rings. The van der Waals surface area contributed by atoms with Crippen LogP contribution in [0.15, 0.2) is 21.5 Å². The van der Waals surface area contributed by atoms with E-state index in [1.54, 1.807) is 10.4 Å². The molecule has 0 radical (unpaired) electrons. The molecule has 1 unspecified atom stereocenters. The highest BCUT2D eigenvalue weighted by Gasteiger charge is 2.34. The summed E-state index contributed by atoms with van der Waals surface area (Å²) < 4.78 is 33.4. The van der Waals surface area contributed by atoms with Gasteiger partial charge in [-0.15, -0.1) is 0 Å². The van der Waals surface area contributed by atoms with Crippen molar-refractivity contribution in [2.24, 2.45) is 0 Å². The Kier molecular flexibility index (Phi) is 5.16. The Labute approximate surface area is 134 Å². The van der Waals surface area contributed by atoms with E-state index in [0.717, 1.165) is 25.7 Å². The number of anilines is 1. The Morgan fingerprint density at radius 2 is 2.14 bits per heavy atom. The summed E-state index contributed by atoms with van der Waals surface area (Å²) in [5.74, 6) is 0.316. The molecule has 0 aliphatic carbocycles. The number of halogens is 1. The summed E-state index contributed by atoms with van der Waals surface area (Å²) in [6, 6.07) is 3.13. The molecule has 5 nitrogen and oxygen atoms in total. The summed E-state index contributed by atoms with van der Waals surface area (Å²) in [4.78, 5) is 0.144. The number of methoxy groups -OCH3 is 1. The van der Waals surface area contributed by atoms with Crippen LogP contribution in [0.1, 0.15) is 32.6 Å². The van der Waals surface area contributed by atoms with Gasteiger partial charge in [-0.25, -0.2) is 8.42 Å². The summed E-state index contributed by atoms with van der Waals surface area (Å²) in [5.41, 5.74) is 6.24. The van der Waals surface area contributed by atoms with Crippen molar-refractivity contribution >= 4 is 31.6 Å². The maximum Gasteiger partial charge on any atom is 0.247 e. The molecule has 1 aromatic rings. The van der Waals surface area contributed by atoms with Gasteiger partial charge in [-0.1, -0.05) is 13.3 Å². The molecule has 1 fully saturated rings. The van der Waals surface area contributed by atoms with Crippen LogP contribution in [0.3, 0.4) is 0 Å². The molecule has 0 aromatic heterocycles. The monoisotopic (exact) mass is 376 g/mol. The van der Waals surface area contributed by atoms with Crippen molar-refractivity contribution in [1.82, 2.24) is 4.31 Å². The second kappa shape index (κ2) is 6.54. The van der Waals surface area contributed by atoms with Crippen molar-refractivity contribution in [3.05, 3.63) is 16.6 Å². The molecule has 1 aliphatic heterocycles. The molecule has 1 saturated heterocycles. The van der Waals surface area contributed by atoms with E-state index >= 15 is 0 Å². The minimum Gasteiger partial charge on any atom is -0.495 e. The van der Waals surface area contributed by atoms with E-state index in [1.165, 1.54) is 13.2 Å². The SMILES string of the molecule is CCC1CCCCN1S(=O)(=O)c1cc(N)c(Br)cc1OC. The number of benzene rings is 1. The van der Waals surface area contributed by atoms with Crippen molar-refractivity contribution in [2.75, 3.05) is 19.4 Å². The standard InChI is InChI=1S/C14H21BrN2O3S/c1-3-10-6-4-5-7-17(10)21(18,19)14-9-12(16)11(15)8-13(14)20-2/h8-10H,3-7,16H2,1-2H3. The number of nitrogen functional groups attached to an aromatic ring is 1. The lowest BCUT2D eigenvalue weighted by Gasteiger charge is -2.34. The zero-order valence-electron chi connectivity index (χ0n) is 12.3. The van der Waals surface area contributed by atoms with Crippen LogP contribution in [0.2, 0.25) is 0 Å². The van der Waals surface area contributed by atoms with Gasteiger partial charge in [0.2, 0.25) is 10.0 Å². The molecular weight excluding hydrogens is 356 g/mol. The number of piperidine rings is 1. The fraction of sp³-hybridized carbons (Fsp3) is 0.571. The predicted octanol–water partition coefficient (Wildman–Crippen LogP) is 2.99. The molecule has 2 rings (SSSR count). The van der Waals surface area contributed by atoms with Crippen molar-refractivity contribution in [2.45, 2.75) is 43.5 Å². The maximum atomic E-state index is 13.0. The Morgan fingerprint density at radius 3 is 2.76 bits per heavy atom. The lowest BCUT2D eigenvalue weighted by Crippen LogP contribution is -2.43. The van der Waals surface area contributed by atoms with Gasteiger partial charge in [0.05, 0.1) is 7.11 Å². The lowest BCUT2D eigenvalue weighted by molar-refractivity contribution is 0.246. The van der Waals surface area contributed by atoms with E-state index < -0.39 is 10.0 Å². The Hall–Kier alpha value is -0.790. The van der Waals surface area contributed by atoms with E-state index in [4.69, 9.17) is 10.5 Å². The largest absolute Gasteiger partial charge is 0.495 e. The first-order valence-corrected chi connectivity index (χ1v) is 9.30. The second-order valence-corrected chi connectivity index (χ2v) is 7.91. The lowest BCUT2D eigenvalue weighted by atomic mass is 10.0. The van der Waals surface area contributed by atoms with Gasteiger partial charge in [0.25, 0.3) is 0 Å². The molecule has 21 heavy (non-hydrogen) atoms. The Bertz CT molecular complexity index is 619. The second-order valence-electron chi connectivity index (χ2n) is 5.20. The van der Waals surface area contributed by atoms with Crippen molar-refractivity contribution in [3.63, 3.8) is 0 Å². The average Bonchev–Trinajstić information content (AvgIpc) is 2.49. The van der Waals surface area contributed by atoms with Crippen LogP contribution in [0.25, 0.3) is 0 Å². The van der Waals surface area contributed by atoms with E-state index in [1.807, 2.05) is 6.92 Å². The molecule has 118 valence electrons. The molecule has 0 amide bonds. The van der Waals surface area contributed by atoms with Crippen molar-refractivity contribution in [1.29, 1.82) is 0 Å². The predicted molar refractivity (Wildman–Crippen MR) is 86.9 cm³/mol. The van der Waals surface area contributed by atoms with Crippen molar-refractivity contribution in [3.8, 4) is 5.75 Å². The Balaban J connectivity index is 2.50. The van der Waals surface area contributed by atoms with E-state index in [9.17, 15) is 8.42 Å². The first-order valence-electron chi connectivity index (χ1n) is 7.06. The number of sulfonamides is 1. The number of hydrogen-bond donors (Lipinski definition) is 1. The minimum absolute atomic E-state index is 0.0540. The Morgan fingerprint density at radius 1 is 1.43 bits per heavy atom. The smallest absolute Gasteiger partial charge is 0.247 e. The third kappa shape index (κ3) is 3.19. The minimum atomic E-state index is -3.60. The molecule has 1 aromatic carbocycles. The van der Waals surface area contributed by atoms with Gasteiger partial charge in [-0.05, 0) is 47.3 Å². The third-order valence-electron chi connectivity index (χ3n) is 3.91. The molecular formula is C14H21BrN2O3S. The molecule has 1 heterocycles. The molecule has 0 bridgehead atoms. The molecule has 2 N–H and O–H groups in total. The van der Waals surface area contributed by atoms with Crippen molar-refractivity contribution < 1.29 is 13.2 Å². The zero-order chi connectivity index (χ0) is 15.6. The summed E-state index contributed by atoms with van der Waals surface area (Å²) in [7, 11) is -2.14. The van der Waals surface area contributed by atoms with Gasteiger partial charge in [-0.2, -0.15) is 4.31 Å². The number of hydrogen-bond acceptors (Lipinski definition) is 4. The van der Waals surface area contributed by atoms with Crippen LogP contribution in [0.5, 0.6) is 5.75 Å². The zero-order valence-corrected chi connectivity index (χ0v) is 14.7. The summed E-state index contributed by atoms with van der Waals surface area (Å²) >= 11 is 3.30. The fourth-order valence-corrected chi connectivity index (χ4v) is 5.00.